The molecule has 3 nitrogen and oxygen atoms in total. The molecule has 0 aromatic heterocycles. The SMILES string of the molecule is C[C@]12CC[C@H]3[C@@H](CC=C4CC(=O)CC[C@@]43CC#N)[C@@H]1CCC2=O. The lowest BCUT2D eigenvalue weighted by atomic mass is 9.47. The molecule has 23 heavy (non-hydrogen) atoms. The zero-order valence-electron chi connectivity index (χ0n) is 13.9. The molecule has 0 amide bonds. The molecule has 0 radical (unpaired) electrons. The van der Waals surface area contributed by atoms with Crippen LogP contribution in [0.2, 0.25) is 0 Å². The Morgan fingerprint density at radius 3 is 2.83 bits per heavy atom. The third kappa shape index (κ3) is 1.93. The van der Waals surface area contributed by atoms with Crippen molar-refractivity contribution in [3.05, 3.63) is 11.6 Å². The fourth-order valence-corrected chi connectivity index (χ4v) is 6.52. The summed E-state index contributed by atoms with van der Waals surface area (Å²) in [5.74, 6) is 2.31. The van der Waals surface area contributed by atoms with Gasteiger partial charge in [-0.3, -0.25) is 9.59 Å². The molecule has 0 N–H and O–H groups in total. The Labute approximate surface area is 138 Å². The molecule has 0 spiro atoms. The van der Waals surface area contributed by atoms with Gasteiger partial charge in [0.15, 0.2) is 0 Å². The van der Waals surface area contributed by atoms with E-state index in [4.69, 9.17) is 0 Å². The van der Waals surface area contributed by atoms with E-state index in [0.29, 0.717) is 48.6 Å². The molecule has 3 heteroatoms. The second kappa shape index (κ2) is 5.03. The van der Waals surface area contributed by atoms with Crippen molar-refractivity contribution in [3.8, 4) is 6.07 Å². The van der Waals surface area contributed by atoms with Crippen molar-refractivity contribution in [2.75, 3.05) is 0 Å². The number of allylic oxidation sites excluding steroid dienone is 2. The molecule has 4 aliphatic rings. The van der Waals surface area contributed by atoms with Crippen LogP contribution in [0.4, 0.5) is 0 Å². The van der Waals surface area contributed by atoms with E-state index in [-0.39, 0.29) is 10.8 Å². The van der Waals surface area contributed by atoms with Crippen LogP contribution >= 0.6 is 0 Å². The highest BCUT2D eigenvalue weighted by atomic mass is 16.1. The molecular formula is C20H25NO2. The molecule has 4 aliphatic carbocycles. The summed E-state index contributed by atoms with van der Waals surface area (Å²) in [6.45, 7) is 2.18. The first kappa shape index (κ1) is 15.1. The summed E-state index contributed by atoms with van der Waals surface area (Å²) in [6, 6.07) is 2.43. The van der Waals surface area contributed by atoms with E-state index in [2.05, 4.69) is 19.1 Å². The largest absolute Gasteiger partial charge is 0.299 e. The normalized spacial score (nSPS) is 45.6. The fraction of sp³-hybridized carbons (Fsp3) is 0.750. The Hall–Kier alpha value is -1.43. The van der Waals surface area contributed by atoms with Gasteiger partial charge in [0.2, 0.25) is 0 Å². The topological polar surface area (TPSA) is 57.9 Å². The van der Waals surface area contributed by atoms with Gasteiger partial charge in [0.05, 0.1) is 6.07 Å². The summed E-state index contributed by atoms with van der Waals surface area (Å²) in [5.41, 5.74) is 1.06. The van der Waals surface area contributed by atoms with Crippen molar-refractivity contribution >= 4 is 11.6 Å². The minimum absolute atomic E-state index is 0.0709. The molecular weight excluding hydrogens is 286 g/mol. The van der Waals surface area contributed by atoms with E-state index >= 15 is 0 Å². The van der Waals surface area contributed by atoms with Gasteiger partial charge in [-0.15, -0.1) is 0 Å². The van der Waals surface area contributed by atoms with Gasteiger partial charge in [0.1, 0.15) is 11.6 Å². The average Bonchev–Trinajstić information content (AvgIpc) is 2.84. The van der Waals surface area contributed by atoms with E-state index in [1.165, 1.54) is 5.57 Å². The van der Waals surface area contributed by atoms with Crippen molar-refractivity contribution in [1.82, 2.24) is 0 Å². The van der Waals surface area contributed by atoms with E-state index in [0.717, 1.165) is 38.5 Å². The Morgan fingerprint density at radius 2 is 2.04 bits per heavy atom. The maximum Gasteiger partial charge on any atom is 0.139 e. The number of hydrogen-bond acceptors (Lipinski definition) is 3. The summed E-state index contributed by atoms with van der Waals surface area (Å²) in [7, 11) is 0. The molecule has 0 aliphatic heterocycles. The van der Waals surface area contributed by atoms with Crippen LogP contribution in [0.3, 0.4) is 0 Å². The molecule has 0 aromatic carbocycles. The molecule has 3 fully saturated rings. The second-order valence-corrected chi connectivity index (χ2v) is 8.47. The maximum absolute atomic E-state index is 12.4. The number of Topliss-reactive ketones (excluding diaryl/α,β-unsaturated/α-hetero) is 2. The Kier molecular flexibility index (Phi) is 3.31. The van der Waals surface area contributed by atoms with Crippen LogP contribution in [0.15, 0.2) is 11.6 Å². The minimum atomic E-state index is -0.120. The van der Waals surface area contributed by atoms with E-state index in [1.807, 2.05) is 0 Å². The molecule has 3 saturated carbocycles. The van der Waals surface area contributed by atoms with Gasteiger partial charge in [0, 0.05) is 36.5 Å². The van der Waals surface area contributed by atoms with Gasteiger partial charge in [0.25, 0.3) is 0 Å². The lowest BCUT2D eigenvalue weighted by molar-refractivity contribution is -0.132. The summed E-state index contributed by atoms with van der Waals surface area (Å²) in [5, 5.41) is 9.47. The van der Waals surface area contributed by atoms with Gasteiger partial charge < -0.3 is 0 Å². The van der Waals surface area contributed by atoms with Crippen LogP contribution in [0.1, 0.15) is 64.7 Å². The number of nitriles is 1. The number of ketones is 2. The second-order valence-electron chi connectivity index (χ2n) is 8.47. The van der Waals surface area contributed by atoms with Crippen LogP contribution in [-0.4, -0.2) is 11.6 Å². The molecule has 0 saturated heterocycles. The Balaban J connectivity index is 1.75. The van der Waals surface area contributed by atoms with Gasteiger partial charge in [-0.05, 0) is 49.9 Å². The van der Waals surface area contributed by atoms with Crippen molar-refractivity contribution in [3.63, 3.8) is 0 Å². The maximum atomic E-state index is 12.4. The minimum Gasteiger partial charge on any atom is -0.299 e. The highest BCUT2D eigenvalue weighted by molar-refractivity contribution is 5.87. The van der Waals surface area contributed by atoms with Crippen LogP contribution in [0.5, 0.6) is 0 Å². The predicted molar refractivity (Wildman–Crippen MR) is 86.3 cm³/mol. The van der Waals surface area contributed by atoms with Gasteiger partial charge in [-0.1, -0.05) is 18.6 Å². The molecule has 5 atom stereocenters. The van der Waals surface area contributed by atoms with Crippen molar-refractivity contribution in [2.45, 2.75) is 64.7 Å². The first-order valence-corrected chi connectivity index (χ1v) is 9.13. The number of carbonyl (C=O) groups excluding carboxylic acids is 2. The number of hydrogen-bond donors (Lipinski definition) is 0. The summed E-state index contributed by atoms with van der Waals surface area (Å²) < 4.78 is 0. The molecule has 0 heterocycles. The standard InChI is InChI=1S/C20H25NO2/c1-19-8-7-17-15(16(19)4-5-18(19)23)3-2-13-12-14(22)6-9-20(13,17)10-11-21/h2,15-17H,3-10,12H2,1H3/t15-,16-,17-,19-,20+/m0/s1. The van der Waals surface area contributed by atoms with E-state index < -0.39 is 0 Å². The predicted octanol–water partition coefficient (Wildman–Crippen LogP) is 3.98. The van der Waals surface area contributed by atoms with E-state index in [1.54, 1.807) is 0 Å². The van der Waals surface area contributed by atoms with Crippen molar-refractivity contribution in [2.24, 2.45) is 28.6 Å². The quantitative estimate of drug-likeness (QED) is 0.688. The molecule has 4 rings (SSSR count). The summed E-state index contributed by atoms with van der Waals surface area (Å²) >= 11 is 0. The van der Waals surface area contributed by atoms with Crippen LogP contribution in [-0.2, 0) is 9.59 Å². The summed E-state index contributed by atoms with van der Waals surface area (Å²) in [4.78, 5) is 24.4. The third-order valence-corrected chi connectivity index (χ3v) is 7.76. The average molecular weight is 311 g/mol. The Bertz CT molecular complexity index is 643. The highest BCUT2D eigenvalue weighted by Gasteiger charge is 2.59. The number of rotatable bonds is 1. The van der Waals surface area contributed by atoms with Crippen LogP contribution < -0.4 is 0 Å². The molecule has 0 unspecified atom stereocenters. The Morgan fingerprint density at radius 1 is 1.22 bits per heavy atom. The molecule has 0 aromatic rings. The van der Waals surface area contributed by atoms with Crippen LogP contribution in [0.25, 0.3) is 0 Å². The van der Waals surface area contributed by atoms with Crippen molar-refractivity contribution in [1.29, 1.82) is 5.26 Å². The fourth-order valence-electron chi connectivity index (χ4n) is 6.52. The monoisotopic (exact) mass is 311 g/mol. The van der Waals surface area contributed by atoms with Gasteiger partial charge in [-0.25, -0.2) is 0 Å². The molecule has 122 valence electrons. The van der Waals surface area contributed by atoms with Gasteiger partial charge in [-0.2, -0.15) is 5.26 Å². The number of nitrogens with zero attached hydrogens (tertiary/aromatic N) is 1. The first-order valence-electron chi connectivity index (χ1n) is 9.13. The zero-order chi connectivity index (χ0) is 16.2. The van der Waals surface area contributed by atoms with Crippen molar-refractivity contribution < 1.29 is 9.59 Å². The molecule has 0 bridgehead atoms. The lowest BCUT2D eigenvalue weighted by Gasteiger charge is -2.56. The van der Waals surface area contributed by atoms with Crippen LogP contribution in [0, 0.1) is 39.9 Å². The van der Waals surface area contributed by atoms with Gasteiger partial charge >= 0.3 is 0 Å². The first-order chi connectivity index (χ1) is 11.0. The lowest BCUT2D eigenvalue weighted by Crippen LogP contribution is -2.51. The zero-order valence-corrected chi connectivity index (χ0v) is 13.9. The van der Waals surface area contributed by atoms with E-state index in [9.17, 15) is 14.9 Å². The number of fused-ring (bicyclic) bond motifs is 5. The third-order valence-electron chi connectivity index (χ3n) is 7.76. The highest BCUT2D eigenvalue weighted by Crippen LogP contribution is 2.64. The summed E-state index contributed by atoms with van der Waals surface area (Å²) in [6.07, 6.45) is 9.68. The smallest absolute Gasteiger partial charge is 0.139 e. The number of carbonyl (C=O) groups is 2.